The molecule has 2 N–H and O–H groups in total. The number of nitrogens with zero attached hydrogens (tertiary/aromatic N) is 2. The van der Waals surface area contributed by atoms with E-state index in [1.165, 1.54) is 13.0 Å². The lowest BCUT2D eigenvalue weighted by Gasteiger charge is -2.07. The molecule has 11 heteroatoms. The molecule has 1 unspecified atom stereocenters. The number of rotatable bonds is 5. The van der Waals surface area contributed by atoms with Crippen LogP contribution in [0.5, 0.6) is 0 Å². The number of sulfonamides is 1. The van der Waals surface area contributed by atoms with Crippen LogP contribution in [0.3, 0.4) is 0 Å². The number of halogens is 1. The van der Waals surface area contributed by atoms with Crippen molar-refractivity contribution in [1.29, 1.82) is 0 Å². The number of carbonyl (C=O) groups excluding carboxylic acids is 1. The Kier molecular flexibility index (Phi) is 4.81. The van der Waals surface area contributed by atoms with Gasteiger partial charge in [0.15, 0.2) is 6.10 Å². The van der Waals surface area contributed by atoms with Crippen LogP contribution in [0.15, 0.2) is 44.4 Å². The van der Waals surface area contributed by atoms with Crippen molar-refractivity contribution in [3.05, 3.63) is 53.4 Å². The molecule has 0 aliphatic rings. The maximum atomic E-state index is 13.7. The van der Waals surface area contributed by atoms with Gasteiger partial charge in [0.2, 0.25) is 16.7 Å². The van der Waals surface area contributed by atoms with Gasteiger partial charge in [-0.15, -0.1) is 0 Å². The summed E-state index contributed by atoms with van der Waals surface area (Å²) in [6.07, 6.45) is -0.961. The first-order chi connectivity index (χ1) is 12.6. The fraction of sp³-hybridized carbons (Fsp3) is 0.188. The third-order valence-electron chi connectivity index (χ3n) is 3.57. The van der Waals surface area contributed by atoms with Gasteiger partial charge < -0.3 is 13.7 Å². The summed E-state index contributed by atoms with van der Waals surface area (Å²) in [5.74, 6) is -1.62. The highest BCUT2D eigenvalue weighted by molar-refractivity contribution is 7.89. The van der Waals surface area contributed by atoms with Gasteiger partial charge in [0.1, 0.15) is 5.82 Å². The fourth-order valence-electron chi connectivity index (χ4n) is 2.10. The number of hydrogen-bond donors (Lipinski definition) is 1. The molecular formula is C16H14FN3O6S. The number of carbonyl (C=O) groups is 1. The highest BCUT2D eigenvalue weighted by Gasteiger charge is 2.24. The molecule has 27 heavy (non-hydrogen) atoms. The first kappa shape index (κ1) is 18.7. The molecule has 0 aliphatic heterocycles. The van der Waals surface area contributed by atoms with Crippen LogP contribution in [0.1, 0.15) is 35.0 Å². The van der Waals surface area contributed by atoms with E-state index in [0.717, 1.165) is 12.1 Å². The Morgan fingerprint density at radius 3 is 2.67 bits per heavy atom. The number of aromatic nitrogens is 2. The minimum Gasteiger partial charge on any atom is -0.447 e. The first-order valence-electron chi connectivity index (χ1n) is 7.59. The predicted molar refractivity (Wildman–Crippen MR) is 88.3 cm³/mol. The van der Waals surface area contributed by atoms with Gasteiger partial charge in [-0.2, -0.15) is 4.98 Å². The molecule has 0 saturated heterocycles. The number of hydrogen-bond acceptors (Lipinski definition) is 8. The Balaban J connectivity index is 1.74. The van der Waals surface area contributed by atoms with Crippen molar-refractivity contribution in [2.45, 2.75) is 25.0 Å². The average Bonchev–Trinajstić information content (AvgIpc) is 3.26. The van der Waals surface area contributed by atoms with E-state index >= 15 is 0 Å². The van der Waals surface area contributed by atoms with E-state index in [-0.39, 0.29) is 17.5 Å². The fourth-order valence-corrected chi connectivity index (χ4v) is 2.56. The van der Waals surface area contributed by atoms with Gasteiger partial charge in [-0.05, 0) is 37.6 Å². The molecule has 0 aliphatic carbocycles. The molecule has 2 aromatic heterocycles. The Labute approximate surface area is 153 Å². The molecule has 0 fully saturated rings. The van der Waals surface area contributed by atoms with Gasteiger partial charge in [0, 0.05) is 5.56 Å². The smallest absolute Gasteiger partial charge is 0.375 e. The highest BCUT2D eigenvalue weighted by Crippen LogP contribution is 2.23. The lowest BCUT2D eigenvalue weighted by atomic mass is 10.1. The van der Waals surface area contributed by atoms with Crippen molar-refractivity contribution in [2.24, 2.45) is 5.14 Å². The summed E-state index contributed by atoms with van der Waals surface area (Å²) in [5, 5.41) is 8.07. The minimum atomic E-state index is -4.08. The molecule has 0 saturated carbocycles. The van der Waals surface area contributed by atoms with E-state index in [1.807, 2.05) is 0 Å². The zero-order valence-corrected chi connectivity index (χ0v) is 15.0. The third kappa shape index (κ3) is 4.04. The van der Waals surface area contributed by atoms with Crippen molar-refractivity contribution in [2.75, 3.05) is 0 Å². The average molecular weight is 395 g/mol. The molecule has 3 rings (SSSR count). The van der Waals surface area contributed by atoms with Gasteiger partial charge in [0.05, 0.1) is 0 Å². The van der Waals surface area contributed by atoms with Crippen molar-refractivity contribution in [3.63, 3.8) is 0 Å². The molecule has 2 heterocycles. The number of esters is 1. The summed E-state index contributed by atoms with van der Waals surface area (Å²) in [7, 11) is -4.08. The van der Waals surface area contributed by atoms with E-state index < -0.39 is 33.0 Å². The molecule has 0 spiro atoms. The Hall–Kier alpha value is -3.05. The molecule has 9 nitrogen and oxygen atoms in total. The maximum Gasteiger partial charge on any atom is 0.375 e. The number of furan rings is 1. The van der Waals surface area contributed by atoms with Crippen molar-refractivity contribution in [3.8, 4) is 11.4 Å². The zero-order chi connectivity index (χ0) is 19.8. The second-order valence-corrected chi connectivity index (χ2v) is 7.12. The Bertz CT molecular complexity index is 1110. The van der Waals surface area contributed by atoms with E-state index in [4.69, 9.17) is 18.8 Å². The molecule has 0 amide bonds. The van der Waals surface area contributed by atoms with Gasteiger partial charge in [-0.25, -0.2) is 22.7 Å². The molecule has 1 aromatic carbocycles. The van der Waals surface area contributed by atoms with Gasteiger partial charge in [-0.1, -0.05) is 17.3 Å². The molecule has 3 aromatic rings. The normalized spacial score (nSPS) is 12.7. The molecule has 142 valence electrons. The predicted octanol–water partition coefficient (Wildman–Crippen LogP) is 2.34. The van der Waals surface area contributed by atoms with Crippen molar-refractivity contribution < 1.29 is 31.3 Å². The van der Waals surface area contributed by atoms with Gasteiger partial charge >= 0.3 is 5.97 Å². The van der Waals surface area contributed by atoms with Crippen LogP contribution >= 0.6 is 0 Å². The molecular weight excluding hydrogens is 381 g/mol. The van der Waals surface area contributed by atoms with Crippen LogP contribution < -0.4 is 5.14 Å². The molecule has 0 radical (unpaired) electrons. The van der Waals surface area contributed by atoms with Gasteiger partial charge in [-0.3, -0.25) is 0 Å². The largest absolute Gasteiger partial charge is 0.447 e. The summed E-state index contributed by atoms with van der Waals surface area (Å²) in [6.45, 7) is 3.09. The Morgan fingerprint density at radius 2 is 2.04 bits per heavy atom. The van der Waals surface area contributed by atoms with Crippen LogP contribution in [0.4, 0.5) is 4.39 Å². The topological polar surface area (TPSA) is 139 Å². The second-order valence-electron chi connectivity index (χ2n) is 5.63. The SMILES string of the molecule is Cc1ccc(-c2noc(C(C)OC(=O)c3ccc(S(N)(=O)=O)o3)n2)cc1F. The number of ether oxygens (including phenoxy) is 1. The monoisotopic (exact) mass is 395 g/mol. The van der Waals surface area contributed by atoms with Crippen LogP contribution in [0, 0.1) is 12.7 Å². The van der Waals surface area contributed by atoms with Crippen LogP contribution in [0.25, 0.3) is 11.4 Å². The lowest BCUT2D eigenvalue weighted by Crippen LogP contribution is -2.11. The lowest BCUT2D eigenvalue weighted by molar-refractivity contribution is 0.0225. The first-order valence-corrected chi connectivity index (χ1v) is 9.13. The zero-order valence-electron chi connectivity index (χ0n) is 14.2. The standard InChI is InChI=1S/C16H14FN3O6S/c1-8-3-4-10(7-11(8)17)14-19-15(26-20-14)9(2)24-16(21)12-5-6-13(25-12)27(18,22)23/h3-7,9H,1-2H3,(H2,18,22,23). The van der Waals surface area contributed by atoms with E-state index in [2.05, 4.69) is 10.1 Å². The van der Waals surface area contributed by atoms with Crippen LogP contribution in [-0.4, -0.2) is 24.5 Å². The highest BCUT2D eigenvalue weighted by atomic mass is 32.2. The number of nitrogens with two attached hydrogens (primary N) is 1. The van der Waals surface area contributed by atoms with Crippen LogP contribution in [0.2, 0.25) is 0 Å². The minimum absolute atomic E-state index is 0.0300. The van der Waals surface area contributed by atoms with E-state index in [1.54, 1.807) is 19.1 Å². The molecule has 0 bridgehead atoms. The van der Waals surface area contributed by atoms with E-state index in [0.29, 0.717) is 11.1 Å². The van der Waals surface area contributed by atoms with Crippen molar-refractivity contribution in [1.82, 2.24) is 10.1 Å². The van der Waals surface area contributed by atoms with E-state index in [9.17, 15) is 17.6 Å². The summed E-state index contributed by atoms with van der Waals surface area (Å²) in [6, 6.07) is 6.61. The van der Waals surface area contributed by atoms with Crippen molar-refractivity contribution >= 4 is 16.0 Å². The quantitative estimate of drug-likeness (QED) is 0.650. The second kappa shape index (κ2) is 6.93. The maximum absolute atomic E-state index is 13.7. The van der Waals surface area contributed by atoms with Gasteiger partial charge in [0.25, 0.3) is 15.9 Å². The Morgan fingerprint density at radius 1 is 1.30 bits per heavy atom. The number of benzene rings is 1. The summed E-state index contributed by atoms with van der Waals surface area (Å²) >= 11 is 0. The van der Waals surface area contributed by atoms with Crippen LogP contribution in [-0.2, 0) is 14.8 Å². The summed E-state index contributed by atoms with van der Waals surface area (Å²) in [4.78, 5) is 16.1. The number of aryl methyl sites for hydroxylation is 1. The summed E-state index contributed by atoms with van der Waals surface area (Å²) < 4.78 is 51.0. The molecule has 1 atom stereocenters. The number of primary sulfonamides is 1. The summed E-state index contributed by atoms with van der Waals surface area (Å²) in [5.41, 5.74) is 0.873. The third-order valence-corrected chi connectivity index (χ3v) is 4.35.